The monoisotopic (exact) mass is 275 g/mol. The van der Waals surface area contributed by atoms with Gasteiger partial charge in [-0.2, -0.15) is 0 Å². The first-order valence-corrected chi connectivity index (χ1v) is 7.29. The van der Waals surface area contributed by atoms with Gasteiger partial charge in [-0.05, 0) is 42.9 Å². The van der Waals surface area contributed by atoms with Gasteiger partial charge in [-0.15, -0.1) is 0 Å². The van der Waals surface area contributed by atoms with Gasteiger partial charge in [0.2, 0.25) is 0 Å². The zero-order valence-corrected chi connectivity index (χ0v) is 12.7. The van der Waals surface area contributed by atoms with Crippen LogP contribution in [0.25, 0.3) is 0 Å². The molecule has 1 heterocycles. The van der Waals surface area contributed by atoms with Gasteiger partial charge in [0, 0.05) is 25.7 Å². The first-order chi connectivity index (χ1) is 9.43. The molecule has 0 bridgehead atoms. The molecule has 4 nitrogen and oxygen atoms in total. The van der Waals surface area contributed by atoms with E-state index >= 15 is 0 Å². The van der Waals surface area contributed by atoms with E-state index in [1.54, 1.807) is 13.1 Å². The van der Waals surface area contributed by atoms with Gasteiger partial charge in [-0.25, -0.2) is 0 Å². The number of anilines is 2. The van der Waals surface area contributed by atoms with Crippen LogP contribution in [-0.4, -0.2) is 26.0 Å². The van der Waals surface area contributed by atoms with Crippen LogP contribution in [0.1, 0.15) is 43.5 Å². The zero-order valence-electron chi connectivity index (χ0n) is 12.7. The fourth-order valence-electron chi connectivity index (χ4n) is 2.79. The van der Waals surface area contributed by atoms with Crippen LogP contribution in [0.4, 0.5) is 11.4 Å². The smallest absolute Gasteiger partial charge is 0.251 e. The lowest BCUT2D eigenvalue weighted by Gasteiger charge is -2.26. The van der Waals surface area contributed by atoms with E-state index < -0.39 is 0 Å². The van der Waals surface area contributed by atoms with Crippen molar-refractivity contribution in [2.75, 3.05) is 30.8 Å². The standard InChI is InChI=1S/C16H25N3O/c1-16(2)7-4-9-19(10-8-16)14-6-5-12(11-13(14)17)15(20)18-3/h5-6,11H,4,7-10,17H2,1-3H3,(H,18,20). The van der Waals surface area contributed by atoms with Gasteiger partial charge in [0.1, 0.15) is 0 Å². The van der Waals surface area contributed by atoms with E-state index in [2.05, 4.69) is 24.1 Å². The minimum atomic E-state index is -0.0970. The number of nitrogens with one attached hydrogen (secondary N) is 1. The van der Waals surface area contributed by atoms with Gasteiger partial charge >= 0.3 is 0 Å². The lowest BCUT2D eigenvalue weighted by molar-refractivity contribution is 0.0963. The van der Waals surface area contributed by atoms with Crippen LogP contribution in [0.2, 0.25) is 0 Å². The molecular formula is C16H25N3O. The molecule has 0 atom stereocenters. The lowest BCUT2D eigenvalue weighted by Crippen LogP contribution is -2.26. The Morgan fingerprint density at radius 1 is 1.30 bits per heavy atom. The third-order valence-electron chi connectivity index (χ3n) is 4.20. The van der Waals surface area contributed by atoms with Crippen LogP contribution in [0.3, 0.4) is 0 Å². The average Bonchev–Trinajstić information content (AvgIpc) is 2.59. The summed E-state index contributed by atoms with van der Waals surface area (Å²) in [5.74, 6) is -0.0970. The highest BCUT2D eigenvalue weighted by atomic mass is 16.1. The molecule has 3 N–H and O–H groups in total. The Morgan fingerprint density at radius 2 is 2.05 bits per heavy atom. The summed E-state index contributed by atoms with van der Waals surface area (Å²) in [4.78, 5) is 14.0. The third kappa shape index (κ3) is 3.24. The minimum absolute atomic E-state index is 0.0970. The molecule has 20 heavy (non-hydrogen) atoms. The van der Waals surface area contributed by atoms with E-state index in [4.69, 9.17) is 5.73 Å². The van der Waals surface area contributed by atoms with Gasteiger partial charge in [0.25, 0.3) is 5.91 Å². The quantitative estimate of drug-likeness (QED) is 0.816. The summed E-state index contributed by atoms with van der Waals surface area (Å²) in [6, 6.07) is 5.59. The lowest BCUT2D eigenvalue weighted by atomic mass is 9.85. The van der Waals surface area contributed by atoms with E-state index in [0.29, 0.717) is 16.7 Å². The molecule has 1 aromatic rings. The molecule has 1 aliphatic rings. The van der Waals surface area contributed by atoms with Gasteiger partial charge in [-0.3, -0.25) is 4.79 Å². The molecule has 1 aliphatic heterocycles. The molecule has 4 heteroatoms. The summed E-state index contributed by atoms with van der Waals surface area (Å²) >= 11 is 0. The van der Waals surface area contributed by atoms with Crippen molar-refractivity contribution >= 4 is 17.3 Å². The number of hydrogen-bond donors (Lipinski definition) is 2. The summed E-state index contributed by atoms with van der Waals surface area (Å²) < 4.78 is 0. The average molecular weight is 275 g/mol. The Labute approximate surface area is 121 Å². The molecule has 2 rings (SSSR count). The van der Waals surface area contributed by atoms with Crippen molar-refractivity contribution < 1.29 is 4.79 Å². The largest absolute Gasteiger partial charge is 0.397 e. The molecule has 1 aromatic carbocycles. The van der Waals surface area contributed by atoms with Crippen LogP contribution in [-0.2, 0) is 0 Å². The predicted octanol–water partition coefficient (Wildman–Crippen LogP) is 2.64. The van der Waals surface area contributed by atoms with Gasteiger partial charge in [0.15, 0.2) is 0 Å². The topological polar surface area (TPSA) is 58.4 Å². The second-order valence-corrected chi connectivity index (χ2v) is 6.36. The second kappa shape index (κ2) is 5.73. The van der Waals surface area contributed by atoms with E-state index in [1.165, 1.54) is 19.3 Å². The number of rotatable bonds is 2. The van der Waals surface area contributed by atoms with Crippen molar-refractivity contribution in [3.8, 4) is 0 Å². The Bertz CT molecular complexity index is 496. The molecule has 0 saturated carbocycles. The molecule has 1 fully saturated rings. The first kappa shape index (κ1) is 14.7. The molecule has 0 spiro atoms. The molecule has 0 aromatic heterocycles. The number of amides is 1. The van der Waals surface area contributed by atoms with E-state index in [9.17, 15) is 4.79 Å². The highest BCUT2D eigenvalue weighted by Crippen LogP contribution is 2.33. The van der Waals surface area contributed by atoms with Crippen molar-refractivity contribution in [1.29, 1.82) is 0 Å². The summed E-state index contributed by atoms with van der Waals surface area (Å²) in [5, 5.41) is 2.62. The minimum Gasteiger partial charge on any atom is -0.397 e. The van der Waals surface area contributed by atoms with Gasteiger partial charge in [0.05, 0.1) is 11.4 Å². The van der Waals surface area contributed by atoms with Crippen molar-refractivity contribution in [3.05, 3.63) is 23.8 Å². The molecule has 0 unspecified atom stereocenters. The van der Waals surface area contributed by atoms with E-state index in [-0.39, 0.29) is 5.91 Å². The van der Waals surface area contributed by atoms with Crippen LogP contribution in [0, 0.1) is 5.41 Å². The maximum Gasteiger partial charge on any atom is 0.251 e. The van der Waals surface area contributed by atoms with E-state index in [1.807, 2.05) is 12.1 Å². The van der Waals surface area contributed by atoms with Crippen LogP contribution in [0.5, 0.6) is 0 Å². The Morgan fingerprint density at radius 3 is 2.70 bits per heavy atom. The first-order valence-electron chi connectivity index (χ1n) is 7.29. The van der Waals surface area contributed by atoms with Crippen molar-refractivity contribution in [1.82, 2.24) is 5.32 Å². The molecule has 1 amide bonds. The predicted molar refractivity (Wildman–Crippen MR) is 84.1 cm³/mol. The highest BCUT2D eigenvalue weighted by molar-refractivity contribution is 5.96. The maximum absolute atomic E-state index is 11.6. The zero-order chi connectivity index (χ0) is 14.8. The van der Waals surface area contributed by atoms with E-state index in [0.717, 1.165) is 18.8 Å². The second-order valence-electron chi connectivity index (χ2n) is 6.36. The van der Waals surface area contributed by atoms with Gasteiger partial charge < -0.3 is 16.0 Å². The number of hydrogen-bond acceptors (Lipinski definition) is 3. The number of benzene rings is 1. The number of nitrogens with zero attached hydrogens (tertiary/aromatic N) is 1. The summed E-state index contributed by atoms with van der Waals surface area (Å²) in [6.07, 6.45) is 3.60. The normalized spacial score (nSPS) is 18.4. The Balaban J connectivity index is 2.18. The maximum atomic E-state index is 11.6. The number of carbonyl (C=O) groups excluding carboxylic acids is 1. The Hall–Kier alpha value is -1.71. The Kier molecular flexibility index (Phi) is 4.21. The molecule has 0 aliphatic carbocycles. The van der Waals surface area contributed by atoms with Gasteiger partial charge in [-0.1, -0.05) is 13.8 Å². The third-order valence-corrected chi connectivity index (χ3v) is 4.20. The summed E-state index contributed by atoms with van der Waals surface area (Å²) in [7, 11) is 1.63. The molecule has 1 saturated heterocycles. The fraction of sp³-hybridized carbons (Fsp3) is 0.562. The highest BCUT2D eigenvalue weighted by Gasteiger charge is 2.24. The SMILES string of the molecule is CNC(=O)c1ccc(N2CCCC(C)(C)CC2)c(N)c1. The van der Waals surface area contributed by atoms with Crippen molar-refractivity contribution in [2.45, 2.75) is 33.1 Å². The summed E-state index contributed by atoms with van der Waals surface area (Å²) in [6.45, 7) is 6.71. The number of carbonyl (C=O) groups is 1. The summed E-state index contributed by atoms with van der Waals surface area (Å²) in [5.41, 5.74) is 8.90. The van der Waals surface area contributed by atoms with Crippen LogP contribution < -0.4 is 16.0 Å². The van der Waals surface area contributed by atoms with Crippen LogP contribution in [0.15, 0.2) is 18.2 Å². The van der Waals surface area contributed by atoms with Crippen molar-refractivity contribution in [2.24, 2.45) is 5.41 Å². The fourth-order valence-corrected chi connectivity index (χ4v) is 2.79. The molecular weight excluding hydrogens is 250 g/mol. The van der Waals surface area contributed by atoms with Crippen molar-refractivity contribution in [3.63, 3.8) is 0 Å². The number of nitrogens with two attached hydrogens (primary N) is 1. The van der Waals surface area contributed by atoms with Crippen LogP contribution >= 0.6 is 0 Å². The molecule has 0 radical (unpaired) electrons. The number of nitrogen functional groups attached to an aromatic ring is 1. The molecule has 110 valence electrons.